The maximum absolute atomic E-state index is 12.0. The largest absolute Gasteiger partial charge is 0.361 e. The summed E-state index contributed by atoms with van der Waals surface area (Å²) in [6.07, 6.45) is 4.64. The predicted molar refractivity (Wildman–Crippen MR) is 81.4 cm³/mol. The first-order valence-corrected chi connectivity index (χ1v) is 7.95. The number of nitrogens with one attached hydrogen (secondary N) is 1. The molecule has 0 aromatic carbocycles. The van der Waals surface area contributed by atoms with Crippen LogP contribution < -0.4 is 5.32 Å². The SMILES string of the molecule is CCCCCc1nnc(NC(=O)Cc2c(C)noc2C)s1. The first kappa shape index (κ1) is 15.6. The van der Waals surface area contributed by atoms with E-state index in [-0.39, 0.29) is 12.3 Å². The van der Waals surface area contributed by atoms with Crippen molar-refractivity contribution in [2.24, 2.45) is 0 Å². The van der Waals surface area contributed by atoms with Crippen molar-refractivity contribution in [2.45, 2.75) is 52.9 Å². The summed E-state index contributed by atoms with van der Waals surface area (Å²) in [6, 6.07) is 0. The van der Waals surface area contributed by atoms with Crippen molar-refractivity contribution < 1.29 is 9.32 Å². The lowest BCUT2D eigenvalue weighted by Gasteiger charge is -2.00. The zero-order valence-corrected chi connectivity index (χ0v) is 13.4. The molecule has 114 valence electrons. The third-order valence-electron chi connectivity index (χ3n) is 3.23. The van der Waals surface area contributed by atoms with Crippen molar-refractivity contribution >= 4 is 22.4 Å². The predicted octanol–water partition coefficient (Wildman–Crippen LogP) is 3.06. The van der Waals surface area contributed by atoms with Gasteiger partial charge in [0.15, 0.2) is 0 Å². The summed E-state index contributed by atoms with van der Waals surface area (Å²) in [6.45, 7) is 5.80. The number of rotatable bonds is 7. The van der Waals surface area contributed by atoms with Crippen LogP contribution in [0.3, 0.4) is 0 Å². The summed E-state index contributed by atoms with van der Waals surface area (Å²) in [5, 5.41) is 16.2. The summed E-state index contributed by atoms with van der Waals surface area (Å²) in [5.41, 5.74) is 1.58. The molecule has 2 heterocycles. The molecule has 1 amide bonds. The molecule has 0 radical (unpaired) electrons. The molecule has 2 rings (SSSR count). The fourth-order valence-corrected chi connectivity index (χ4v) is 2.81. The Kier molecular flexibility index (Phi) is 5.44. The third-order valence-corrected chi connectivity index (χ3v) is 4.12. The van der Waals surface area contributed by atoms with Gasteiger partial charge in [-0.1, -0.05) is 36.3 Å². The number of unbranched alkanes of at least 4 members (excludes halogenated alkanes) is 2. The van der Waals surface area contributed by atoms with Gasteiger partial charge in [0.25, 0.3) is 0 Å². The first-order valence-electron chi connectivity index (χ1n) is 7.14. The van der Waals surface area contributed by atoms with Crippen molar-refractivity contribution in [1.82, 2.24) is 15.4 Å². The van der Waals surface area contributed by atoms with Crippen LogP contribution in [-0.2, 0) is 17.6 Å². The Balaban J connectivity index is 1.88. The normalized spacial score (nSPS) is 10.8. The average Bonchev–Trinajstić information content (AvgIpc) is 3.01. The van der Waals surface area contributed by atoms with E-state index in [1.807, 2.05) is 6.92 Å². The Morgan fingerprint density at radius 2 is 2.10 bits per heavy atom. The van der Waals surface area contributed by atoms with Crippen LogP contribution in [0.4, 0.5) is 5.13 Å². The van der Waals surface area contributed by atoms with Crippen molar-refractivity contribution in [2.75, 3.05) is 5.32 Å². The number of hydrogen-bond donors (Lipinski definition) is 1. The standard InChI is InChI=1S/C14H20N4O2S/c1-4-5-6-7-13-16-17-14(21-13)15-12(19)8-11-9(2)18-20-10(11)3/h4-8H2,1-3H3,(H,15,17,19). The molecule has 0 saturated carbocycles. The molecular weight excluding hydrogens is 288 g/mol. The summed E-state index contributed by atoms with van der Waals surface area (Å²) < 4.78 is 5.05. The van der Waals surface area contributed by atoms with Crippen molar-refractivity contribution in [3.05, 3.63) is 22.0 Å². The van der Waals surface area contributed by atoms with Gasteiger partial charge in [0, 0.05) is 12.0 Å². The van der Waals surface area contributed by atoms with E-state index in [4.69, 9.17) is 4.52 Å². The minimum atomic E-state index is -0.124. The molecule has 0 unspecified atom stereocenters. The zero-order valence-electron chi connectivity index (χ0n) is 12.6. The van der Waals surface area contributed by atoms with Crippen LogP contribution in [-0.4, -0.2) is 21.3 Å². The van der Waals surface area contributed by atoms with Gasteiger partial charge >= 0.3 is 0 Å². The number of nitrogens with zero attached hydrogens (tertiary/aromatic N) is 3. The van der Waals surface area contributed by atoms with Crippen LogP contribution in [0.2, 0.25) is 0 Å². The summed E-state index contributed by atoms with van der Waals surface area (Å²) in [5.74, 6) is 0.556. The fourth-order valence-electron chi connectivity index (χ4n) is 2.01. The minimum Gasteiger partial charge on any atom is -0.361 e. The fraction of sp³-hybridized carbons (Fsp3) is 0.571. The van der Waals surface area contributed by atoms with Crippen molar-refractivity contribution in [3.8, 4) is 0 Å². The monoisotopic (exact) mass is 308 g/mol. The quantitative estimate of drug-likeness (QED) is 0.795. The lowest BCUT2D eigenvalue weighted by Crippen LogP contribution is -2.15. The Labute approximate surface area is 127 Å². The van der Waals surface area contributed by atoms with Crippen molar-refractivity contribution in [3.63, 3.8) is 0 Å². The molecule has 0 aliphatic rings. The van der Waals surface area contributed by atoms with Gasteiger partial charge in [-0.25, -0.2) is 0 Å². The van der Waals surface area contributed by atoms with E-state index in [0.29, 0.717) is 10.9 Å². The molecule has 0 aliphatic heterocycles. The van der Waals surface area contributed by atoms with E-state index in [9.17, 15) is 4.79 Å². The zero-order chi connectivity index (χ0) is 15.2. The Bertz CT molecular complexity index is 586. The van der Waals surface area contributed by atoms with Crippen molar-refractivity contribution in [1.29, 1.82) is 0 Å². The molecule has 0 aliphatic carbocycles. The second-order valence-electron chi connectivity index (χ2n) is 4.99. The van der Waals surface area contributed by atoms with Crippen LogP contribution in [0.25, 0.3) is 0 Å². The maximum atomic E-state index is 12.0. The highest BCUT2D eigenvalue weighted by Crippen LogP contribution is 2.19. The Morgan fingerprint density at radius 3 is 2.76 bits per heavy atom. The van der Waals surface area contributed by atoms with Gasteiger partial charge in [-0.05, 0) is 20.3 Å². The molecule has 0 spiro atoms. The molecule has 2 aromatic rings. The lowest BCUT2D eigenvalue weighted by molar-refractivity contribution is -0.115. The smallest absolute Gasteiger partial charge is 0.230 e. The van der Waals surface area contributed by atoms with Gasteiger partial charge in [0.2, 0.25) is 11.0 Å². The third kappa shape index (κ3) is 4.35. The summed E-state index contributed by atoms with van der Waals surface area (Å²) in [7, 11) is 0. The molecule has 2 aromatic heterocycles. The average molecular weight is 308 g/mol. The Hall–Kier alpha value is -1.76. The van der Waals surface area contributed by atoms with E-state index in [2.05, 4.69) is 27.6 Å². The van der Waals surface area contributed by atoms with Crippen LogP contribution in [0.15, 0.2) is 4.52 Å². The topological polar surface area (TPSA) is 80.9 Å². The van der Waals surface area contributed by atoms with E-state index >= 15 is 0 Å². The maximum Gasteiger partial charge on any atom is 0.230 e. The molecule has 6 nitrogen and oxygen atoms in total. The van der Waals surface area contributed by atoms with Gasteiger partial charge in [-0.15, -0.1) is 10.2 Å². The highest BCUT2D eigenvalue weighted by molar-refractivity contribution is 7.15. The lowest BCUT2D eigenvalue weighted by atomic mass is 10.1. The number of carbonyl (C=O) groups is 1. The van der Waals surface area contributed by atoms with Crippen LogP contribution in [0, 0.1) is 13.8 Å². The van der Waals surface area contributed by atoms with Crippen LogP contribution in [0.1, 0.15) is 48.2 Å². The second kappa shape index (κ2) is 7.31. The van der Waals surface area contributed by atoms with E-state index in [0.717, 1.165) is 29.1 Å². The molecule has 1 N–H and O–H groups in total. The van der Waals surface area contributed by atoms with Gasteiger partial charge in [-0.2, -0.15) is 0 Å². The van der Waals surface area contributed by atoms with Crippen LogP contribution >= 0.6 is 11.3 Å². The molecule has 0 atom stereocenters. The molecule has 21 heavy (non-hydrogen) atoms. The van der Waals surface area contributed by atoms with Crippen LogP contribution in [0.5, 0.6) is 0 Å². The first-order chi connectivity index (χ1) is 10.1. The summed E-state index contributed by atoms with van der Waals surface area (Å²) >= 11 is 1.44. The number of anilines is 1. The van der Waals surface area contributed by atoms with Gasteiger partial charge < -0.3 is 9.84 Å². The molecule has 0 bridgehead atoms. The molecular formula is C14H20N4O2S. The van der Waals surface area contributed by atoms with Gasteiger partial charge in [-0.3, -0.25) is 4.79 Å². The van der Waals surface area contributed by atoms with E-state index in [1.54, 1.807) is 6.92 Å². The summed E-state index contributed by atoms with van der Waals surface area (Å²) in [4.78, 5) is 12.0. The Morgan fingerprint density at radius 1 is 1.29 bits per heavy atom. The number of amides is 1. The van der Waals surface area contributed by atoms with E-state index < -0.39 is 0 Å². The molecule has 7 heteroatoms. The molecule has 0 fully saturated rings. The number of aryl methyl sites for hydroxylation is 3. The number of hydrogen-bond acceptors (Lipinski definition) is 6. The number of aromatic nitrogens is 3. The highest BCUT2D eigenvalue weighted by Gasteiger charge is 2.15. The van der Waals surface area contributed by atoms with Gasteiger partial charge in [0.1, 0.15) is 10.8 Å². The van der Waals surface area contributed by atoms with Gasteiger partial charge in [0.05, 0.1) is 12.1 Å². The number of carbonyl (C=O) groups excluding carboxylic acids is 1. The van der Waals surface area contributed by atoms with E-state index in [1.165, 1.54) is 24.2 Å². The second-order valence-corrected chi connectivity index (χ2v) is 6.05. The molecule has 0 saturated heterocycles. The highest BCUT2D eigenvalue weighted by atomic mass is 32.1. The minimum absolute atomic E-state index is 0.124.